The molecule has 1 amide bonds. The number of nitrogens with zero attached hydrogens (tertiary/aromatic N) is 2. The molecule has 5 heteroatoms. The van der Waals surface area contributed by atoms with E-state index in [4.69, 9.17) is 4.42 Å². The van der Waals surface area contributed by atoms with Crippen LogP contribution >= 0.6 is 0 Å². The van der Waals surface area contributed by atoms with E-state index >= 15 is 0 Å². The molecular formula is C25H29N3O2. The second kappa shape index (κ2) is 8.74. The van der Waals surface area contributed by atoms with E-state index in [1.165, 1.54) is 29.7 Å². The number of aromatic nitrogens is 1. The van der Waals surface area contributed by atoms with Crippen LogP contribution in [0.4, 0.5) is 11.4 Å². The zero-order valence-electron chi connectivity index (χ0n) is 18.0. The van der Waals surface area contributed by atoms with Crippen LogP contribution in [0.5, 0.6) is 0 Å². The number of rotatable bonds is 6. The fourth-order valence-corrected chi connectivity index (χ4v) is 3.85. The first-order chi connectivity index (χ1) is 14.5. The molecule has 1 fully saturated rings. The smallest absolute Gasteiger partial charge is 0.224 e. The van der Waals surface area contributed by atoms with Gasteiger partial charge in [0.15, 0.2) is 11.7 Å². The lowest BCUT2D eigenvalue weighted by Gasteiger charge is -2.19. The van der Waals surface area contributed by atoms with E-state index in [1.54, 1.807) is 6.20 Å². The lowest BCUT2D eigenvalue weighted by atomic mass is 10.1. The van der Waals surface area contributed by atoms with E-state index in [1.807, 2.05) is 19.1 Å². The topological polar surface area (TPSA) is 58.4 Å². The molecule has 0 bridgehead atoms. The predicted molar refractivity (Wildman–Crippen MR) is 121 cm³/mol. The number of carbonyl (C=O) groups excluding carboxylic acids is 1. The average Bonchev–Trinajstić information content (AvgIpc) is 3.42. The molecule has 1 aliphatic heterocycles. The third-order valence-corrected chi connectivity index (χ3v) is 5.87. The van der Waals surface area contributed by atoms with Crippen molar-refractivity contribution in [3.63, 3.8) is 0 Å². The third kappa shape index (κ3) is 4.56. The maximum absolute atomic E-state index is 12.4. The SMILES string of the molecule is Cc1ccc(-c2cnc(CCC(=O)Nc3ccc(N4CCCC4)cc3C)o2)cc1C. The zero-order chi connectivity index (χ0) is 21.1. The molecular weight excluding hydrogens is 374 g/mol. The number of nitrogens with one attached hydrogen (secondary N) is 1. The van der Waals surface area contributed by atoms with Gasteiger partial charge in [-0.05, 0) is 74.6 Å². The highest BCUT2D eigenvalue weighted by Crippen LogP contribution is 2.26. The molecule has 1 saturated heterocycles. The summed E-state index contributed by atoms with van der Waals surface area (Å²) < 4.78 is 5.86. The number of amides is 1. The highest BCUT2D eigenvalue weighted by molar-refractivity contribution is 5.91. The largest absolute Gasteiger partial charge is 0.441 e. The summed E-state index contributed by atoms with van der Waals surface area (Å²) in [4.78, 5) is 19.2. The summed E-state index contributed by atoms with van der Waals surface area (Å²) in [6.45, 7) is 8.45. The molecule has 5 nitrogen and oxygen atoms in total. The quantitative estimate of drug-likeness (QED) is 0.595. The monoisotopic (exact) mass is 403 g/mol. The second-order valence-electron chi connectivity index (χ2n) is 8.16. The maximum Gasteiger partial charge on any atom is 0.224 e. The Kier molecular flexibility index (Phi) is 5.88. The highest BCUT2D eigenvalue weighted by Gasteiger charge is 2.14. The molecule has 2 heterocycles. The van der Waals surface area contributed by atoms with Gasteiger partial charge in [-0.2, -0.15) is 0 Å². The van der Waals surface area contributed by atoms with Crippen LogP contribution in [0.3, 0.4) is 0 Å². The second-order valence-corrected chi connectivity index (χ2v) is 8.16. The normalized spacial score (nSPS) is 13.6. The van der Waals surface area contributed by atoms with Crippen molar-refractivity contribution in [2.75, 3.05) is 23.3 Å². The van der Waals surface area contributed by atoms with Crippen LogP contribution in [0.2, 0.25) is 0 Å². The number of hydrogen-bond donors (Lipinski definition) is 1. The van der Waals surface area contributed by atoms with Crippen LogP contribution < -0.4 is 10.2 Å². The number of carbonyl (C=O) groups is 1. The first-order valence-corrected chi connectivity index (χ1v) is 10.7. The van der Waals surface area contributed by atoms with E-state index < -0.39 is 0 Å². The summed E-state index contributed by atoms with van der Waals surface area (Å²) in [5.41, 5.74) is 6.67. The van der Waals surface area contributed by atoms with Crippen LogP contribution in [-0.2, 0) is 11.2 Å². The third-order valence-electron chi connectivity index (χ3n) is 5.87. The number of anilines is 2. The summed E-state index contributed by atoms with van der Waals surface area (Å²) in [5, 5.41) is 3.02. The Morgan fingerprint density at radius 2 is 1.83 bits per heavy atom. The Hall–Kier alpha value is -3.08. The molecule has 3 aromatic rings. The maximum atomic E-state index is 12.4. The van der Waals surface area contributed by atoms with Crippen molar-refractivity contribution in [3.8, 4) is 11.3 Å². The minimum absolute atomic E-state index is 0.0297. The van der Waals surface area contributed by atoms with Gasteiger partial charge in [-0.3, -0.25) is 4.79 Å². The standard InChI is InChI=1S/C25H29N3O2/c1-17-6-7-20(14-18(17)2)23-16-26-25(30-23)11-10-24(29)27-22-9-8-21(15-19(22)3)28-12-4-5-13-28/h6-9,14-16H,4-5,10-13H2,1-3H3,(H,27,29). The van der Waals surface area contributed by atoms with E-state index in [-0.39, 0.29) is 5.91 Å². The molecule has 1 aromatic heterocycles. The molecule has 0 radical (unpaired) electrons. The Morgan fingerprint density at radius 1 is 1.03 bits per heavy atom. The van der Waals surface area contributed by atoms with Gasteiger partial charge in [-0.1, -0.05) is 12.1 Å². The highest BCUT2D eigenvalue weighted by atomic mass is 16.4. The summed E-state index contributed by atoms with van der Waals surface area (Å²) in [6, 6.07) is 12.5. The molecule has 156 valence electrons. The van der Waals surface area contributed by atoms with Crippen LogP contribution in [0.1, 0.15) is 41.8 Å². The van der Waals surface area contributed by atoms with Gasteiger partial charge in [0.1, 0.15) is 0 Å². The van der Waals surface area contributed by atoms with Gasteiger partial charge >= 0.3 is 0 Å². The predicted octanol–water partition coefficient (Wildman–Crippen LogP) is 5.44. The van der Waals surface area contributed by atoms with E-state index in [2.05, 4.69) is 53.3 Å². The van der Waals surface area contributed by atoms with Crippen LogP contribution in [0, 0.1) is 20.8 Å². The van der Waals surface area contributed by atoms with Crippen molar-refractivity contribution in [2.24, 2.45) is 0 Å². The van der Waals surface area contributed by atoms with Gasteiger partial charge in [0.2, 0.25) is 5.91 Å². The number of benzene rings is 2. The van der Waals surface area contributed by atoms with Crippen molar-refractivity contribution in [1.82, 2.24) is 4.98 Å². The lowest BCUT2D eigenvalue weighted by Crippen LogP contribution is -2.18. The number of hydrogen-bond acceptors (Lipinski definition) is 4. The van der Waals surface area contributed by atoms with Crippen molar-refractivity contribution < 1.29 is 9.21 Å². The molecule has 2 aromatic carbocycles. The molecule has 0 saturated carbocycles. The first-order valence-electron chi connectivity index (χ1n) is 10.7. The minimum Gasteiger partial charge on any atom is -0.441 e. The summed E-state index contributed by atoms with van der Waals surface area (Å²) in [6.07, 6.45) is 5.05. The van der Waals surface area contributed by atoms with Crippen molar-refractivity contribution >= 4 is 17.3 Å². The Bertz CT molecular complexity index is 1050. The Labute approximate surface area is 178 Å². The summed E-state index contributed by atoms with van der Waals surface area (Å²) >= 11 is 0. The van der Waals surface area contributed by atoms with Gasteiger partial charge in [-0.25, -0.2) is 4.98 Å². The molecule has 30 heavy (non-hydrogen) atoms. The van der Waals surface area contributed by atoms with Gasteiger partial charge < -0.3 is 14.6 Å². The van der Waals surface area contributed by atoms with Crippen LogP contribution in [-0.4, -0.2) is 24.0 Å². The van der Waals surface area contributed by atoms with E-state index in [0.29, 0.717) is 18.7 Å². The average molecular weight is 404 g/mol. The van der Waals surface area contributed by atoms with Gasteiger partial charge in [0, 0.05) is 42.9 Å². The minimum atomic E-state index is -0.0297. The Morgan fingerprint density at radius 3 is 2.57 bits per heavy atom. The van der Waals surface area contributed by atoms with E-state index in [0.717, 1.165) is 35.7 Å². The van der Waals surface area contributed by atoms with E-state index in [9.17, 15) is 4.79 Å². The lowest BCUT2D eigenvalue weighted by molar-refractivity contribution is -0.116. The van der Waals surface area contributed by atoms with Gasteiger partial charge in [0.05, 0.1) is 6.20 Å². The molecule has 0 atom stereocenters. The van der Waals surface area contributed by atoms with Gasteiger partial charge in [0.25, 0.3) is 0 Å². The van der Waals surface area contributed by atoms with Crippen molar-refractivity contribution in [1.29, 1.82) is 0 Å². The van der Waals surface area contributed by atoms with Crippen molar-refractivity contribution in [2.45, 2.75) is 46.5 Å². The summed E-state index contributed by atoms with van der Waals surface area (Å²) in [7, 11) is 0. The molecule has 1 N–H and O–H groups in total. The fourth-order valence-electron chi connectivity index (χ4n) is 3.85. The van der Waals surface area contributed by atoms with Crippen molar-refractivity contribution in [3.05, 3.63) is 65.2 Å². The summed E-state index contributed by atoms with van der Waals surface area (Å²) in [5.74, 6) is 1.29. The number of oxazole rings is 1. The van der Waals surface area contributed by atoms with Crippen LogP contribution in [0.25, 0.3) is 11.3 Å². The first kappa shape index (κ1) is 20.2. The zero-order valence-corrected chi connectivity index (χ0v) is 18.0. The van der Waals surface area contributed by atoms with Gasteiger partial charge in [-0.15, -0.1) is 0 Å². The number of aryl methyl sites for hydroxylation is 4. The molecule has 4 rings (SSSR count). The fraction of sp³-hybridized carbons (Fsp3) is 0.360. The Balaban J connectivity index is 1.34. The molecule has 0 aliphatic carbocycles. The molecule has 0 spiro atoms. The van der Waals surface area contributed by atoms with Crippen LogP contribution in [0.15, 0.2) is 47.0 Å². The molecule has 1 aliphatic rings. The molecule has 0 unspecified atom stereocenters.